The molecule has 0 aromatic heterocycles. The van der Waals surface area contributed by atoms with Crippen molar-refractivity contribution in [3.05, 3.63) is 58.4 Å². The molecule has 9 heteroatoms. The number of benzene rings is 2. The predicted octanol–water partition coefficient (Wildman–Crippen LogP) is 3.07. The molecule has 0 bridgehead atoms. The second-order valence-corrected chi connectivity index (χ2v) is 5.28. The van der Waals surface area contributed by atoms with Crippen LogP contribution in [0.1, 0.15) is 6.42 Å². The van der Waals surface area contributed by atoms with E-state index in [2.05, 4.69) is 0 Å². The van der Waals surface area contributed by atoms with Gasteiger partial charge in [0.2, 0.25) is 0 Å². The summed E-state index contributed by atoms with van der Waals surface area (Å²) in [5.74, 6) is -1.12. The van der Waals surface area contributed by atoms with Gasteiger partial charge in [0.25, 0.3) is 5.91 Å². The molecule has 2 rings (SSSR count). The molecule has 2 aromatic carbocycles. The number of nitriles is 1. The monoisotopic (exact) mass is 373 g/mol. The number of hydrogen-bond donors (Lipinski definition) is 0. The second-order valence-electron chi connectivity index (χ2n) is 5.28. The third-order valence-corrected chi connectivity index (χ3v) is 3.61. The average molecular weight is 373 g/mol. The normalized spacial score (nSPS) is 9.96. The van der Waals surface area contributed by atoms with Crippen molar-refractivity contribution in [3.8, 4) is 17.6 Å². The number of nitro groups is 1. The largest absolute Gasteiger partial charge is 0.496 e. The van der Waals surface area contributed by atoms with E-state index in [1.165, 1.54) is 43.5 Å². The summed E-state index contributed by atoms with van der Waals surface area (Å²) in [4.78, 5) is 24.1. The number of anilines is 1. The smallest absolute Gasteiger partial charge is 0.314 e. The fourth-order valence-corrected chi connectivity index (χ4v) is 2.32. The first kappa shape index (κ1) is 19.7. The van der Waals surface area contributed by atoms with E-state index in [0.29, 0.717) is 0 Å². The average Bonchev–Trinajstić information content (AvgIpc) is 2.67. The van der Waals surface area contributed by atoms with Gasteiger partial charge in [0.1, 0.15) is 11.6 Å². The van der Waals surface area contributed by atoms with E-state index in [1.807, 2.05) is 6.07 Å². The number of halogens is 1. The molecule has 27 heavy (non-hydrogen) atoms. The highest BCUT2D eigenvalue weighted by molar-refractivity contribution is 5.94. The highest BCUT2D eigenvalue weighted by Gasteiger charge is 2.22. The fourth-order valence-electron chi connectivity index (χ4n) is 2.32. The molecule has 2 aromatic rings. The van der Waals surface area contributed by atoms with E-state index in [4.69, 9.17) is 14.7 Å². The van der Waals surface area contributed by atoms with Gasteiger partial charge in [0.15, 0.2) is 12.4 Å². The maximum Gasteiger partial charge on any atom is 0.314 e. The van der Waals surface area contributed by atoms with Gasteiger partial charge in [-0.15, -0.1) is 0 Å². The van der Waals surface area contributed by atoms with Crippen molar-refractivity contribution < 1.29 is 23.6 Å². The molecule has 0 aliphatic heterocycles. The molecule has 1 amide bonds. The van der Waals surface area contributed by atoms with Crippen LogP contribution in [0.5, 0.6) is 11.5 Å². The highest BCUT2D eigenvalue weighted by atomic mass is 19.1. The van der Waals surface area contributed by atoms with Crippen LogP contribution in [0.2, 0.25) is 0 Å². The van der Waals surface area contributed by atoms with Crippen molar-refractivity contribution >= 4 is 17.3 Å². The highest BCUT2D eigenvalue weighted by Crippen LogP contribution is 2.31. The Morgan fingerprint density at radius 3 is 2.70 bits per heavy atom. The Kier molecular flexibility index (Phi) is 6.66. The molecule has 140 valence electrons. The van der Waals surface area contributed by atoms with Crippen LogP contribution >= 0.6 is 0 Å². The maximum atomic E-state index is 14.0. The Bertz CT molecular complexity index is 882. The van der Waals surface area contributed by atoms with Crippen LogP contribution in [0.4, 0.5) is 15.8 Å². The summed E-state index contributed by atoms with van der Waals surface area (Å²) < 4.78 is 24.2. The van der Waals surface area contributed by atoms with Gasteiger partial charge in [0, 0.05) is 6.54 Å². The van der Waals surface area contributed by atoms with Crippen LogP contribution in [0.25, 0.3) is 0 Å². The van der Waals surface area contributed by atoms with E-state index in [-0.39, 0.29) is 35.8 Å². The first-order valence-electron chi connectivity index (χ1n) is 7.85. The molecular formula is C18H16FN3O5. The zero-order valence-corrected chi connectivity index (χ0v) is 14.4. The quantitative estimate of drug-likeness (QED) is 0.520. The number of para-hydroxylation sites is 1. The molecule has 8 nitrogen and oxygen atoms in total. The zero-order chi connectivity index (χ0) is 19.8. The molecule has 0 saturated heterocycles. The molecule has 0 atom stereocenters. The van der Waals surface area contributed by atoms with Crippen LogP contribution in [0.15, 0.2) is 42.5 Å². The molecule has 0 fully saturated rings. The van der Waals surface area contributed by atoms with Crippen molar-refractivity contribution in [2.75, 3.05) is 25.2 Å². The van der Waals surface area contributed by atoms with Gasteiger partial charge in [-0.3, -0.25) is 14.9 Å². The number of nitro benzene ring substituents is 1. The molecule has 0 aliphatic carbocycles. The Labute approximate surface area is 154 Å². The molecule has 0 radical (unpaired) electrons. The maximum absolute atomic E-state index is 14.0. The van der Waals surface area contributed by atoms with E-state index in [0.717, 1.165) is 4.90 Å². The minimum absolute atomic E-state index is 0.00517. The van der Waals surface area contributed by atoms with Gasteiger partial charge in [-0.05, 0) is 24.3 Å². The van der Waals surface area contributed by atoms with Crippen molar-refractivity contribution in [1.82, 2.24) is 0 Å². The van der Waals surface area contributed by atoms with Crippen LogP contribution in [0, 0.1) is 27.3 Å². The summed E-state index contributed by atoms with van der Waals surface area (Å²) in [5, 5.41) is 19.9. The summed E-state index contributed by atoms with van der Waals surface area (Å²) in [7, 11) is 1.37. The minimum atomic E-state index is -0.660. The Hall–Kier alpha value is -3.67. The van der Waals surface area contributed by atoms with Crippen LogP contribution in [-0.2, 0) is 4.79 Å². The third kappa shape index (κ3) is 4.92. The molecule has 0 aliphatic rings. The zero-order valence-electron chi connectivity index (χ0n) is 14.4. The van der Waals surface area contributed by atoms with Gasteiger partial charge in [-0.2, -0.15) is 5.26 Å². The Balaban J connectivity index is 2.20. The van der Waals surface area contributed by atoms with Gasteiger partial charge in [-0.1, -0.05) is 12.1 Å². The van der Waals surface area contributed by atoms with Gasteiger partial charge < -0.3 is 14.4 Å². The van der Waals surface area contributed by atoms with Crippen molar-refractivity contribution in [2.45, 2.75) is 6.42 Å². The molecule has 0 heterocycles. The first-order chi connectivity index (χ1) is 13.0. The summed E-state index contributed by atoms with van der Waals surface area (Å²) in [6.45, 7) is -0.600. The number of hydrogen-bond acceptors (Lipinski definition) is 6. The second kappa shape index (κ2) is 9.15. The van der Waals surface area contributed by atoms with Crippen LogP contribution in [0.3, 0.4) is 0 Å². The third-order valence-electron chi connectivity index (χ3n) is 3.61. The number of carbonyl (C=O) groups is 1. The Morgan fingerprint density at radius 2 is 2.07 bits per heavy atom. The standard InChI is InChI=1S/C18H16FN3O5/c1-26-13-7-8-17(16(11-13)22(24)25)27-12-18(23)21(10-4-9-20)15-6-3-2-5-14(15)19/h2-3,5-8,11H,4,10,12H2,1H3. The van der Waals surface area contributed by atoms with Crippen LogP contribution in [-0.4, -0.2) is 31.1 Å². The topological polar surface area (TPSA) is 106 Å². The van der Waals surface area contributed by atoms with E-state index in [1.54, 1.807) is 6.07 Å². The predicted molar refractivity (Wildman–Crippen MR) is 94.1 cm³/mol. The number of carbonyl (C=O) groups excluding carboxylic acids is 1. The van der Waals surface area contributed by atoms with E-state index >= 15 is 0 Å². The molecule has 0 spiro atoms. The fraction of sp³-hybridized carbons (Fsp3) is 0.222. The Morgan fingerprint density at radius 1 is 1.33 bits per heavy atom. The lowest BCUT2D eigenvalue weighted by atomic mass is 10.2. The number of nitrogens with zero attached hydrogens (tertiary/aromatic N) is 3. The number of amides is 1. The van der Waals surface area contributed by atoms with Crippen LogP contribution < -0.4 is 14.4 Å². The summed E-state index contributed by atoms with van der Waals surface area (Å²) in [5.41, 5.74) is -0.359. The lowest BCUT2D eigenvalue weighted by molar-refractivity contribution is -0.385. The number of methoxy groups -OCH3 is 1. The SMILES string of the molecule is COc1ccc(OCC(=O)N(CCC#N)c2ccccc2F)c([N+](=O)[O-])c1. The van der Waals surface area contributed by atoms with Gasteiger partial charge in [-0.25, -0.2) is 4.39 Å². The van der Waals surface area contributed by atoms with E-state index in [9.17, 15) is 19.3 Å². The molecule has 0 N–H and O–H groups in total. The minimum Gasteiger partial charge on any atom is -0.496 e. The summed E-state index contributed by atoms with van der Waals surface area (Å²) in [6, 6.07) is 11.5. The molecule has 0 unspecified atom stereocenters. The van der Waals surface area contributed by atoms with Crippen molar-refractivity contribution in [3.63, 3.8) is 0 Å². The van der Waals surface area contributed by atoms with Gasteiger partial charge >= 0.3 is 5.69 Å². The lowest BCUT2D eigenvalue weighted by Crippen LogP contribution is -2.36. The first-order valence-corrected chi connectivity index (χ1v) is 7.85. The van der Waals surface area contributed by atoms with E-state index < -0.39 is 23.3 Å². The molecule has 0 saturated carbocycles. The van der Waals surface area contributed by atoms with Crippen molar-refractivity contribution in [1.29, 1.82) is 5.26 Å². The summed E-state index contributed by atoms with van der Waals surface area (Å²) >= 11 is 0. The van der Waals surface area contributed by atoms with Crippen molar-refractivity contribution in [2.24, 2.45) is 0 Å². The number of rotatable bonds is 8. The molecular weight excluding hydrogens is 357 g/mol. The van der Waals surface area contributed by atoms with Gasteiger partial charge in [0.05, 0.1) is 36.3 Å². The number of ether oxygens (including phenoxy) is 2. The lowest BCUT2D eigenvalue weighted by Gasteiger charge is -2.22. The summed E-state index contributed by atoms with van der Waals surface area (Å²) in [6.07, 6.45) is -0.0112.